The van der Waals surface area contributed by atoms with E-state index in [1.54, 1.807) is 42.5 Å². The Kier molecular flexibility index (Phi) is 5.12. The lowest BCUT2D eigenvalue weighted by Gasteiger charge is -2.11. The van der Waals surface area contributed by atoms with Crippen LogP contribution in [0, 0.1) is 11.3 Å². The fourth-order valence-electron chi connectivity index (χ4n) is 2.69. The van der Waals surface area contributed by atoms with Gasteiger partial charge in [0.15, 0.2) is 5.65 Å². The Morgan fingerprint density at radius 2 is 1.93 bits per heavy atom. The van der Waals surface area contributed by atoms with Gasteiger partial charge in [0.1, 0.15) is 29.7 Å². The van der Waals surface area contributed by atoms with Crippen LogP contribution in [0.25, 0.3) is 11.0 Å². The number of benzene rings is 2. The third-order valence-electron chi connectivity index (χ3n) is 4.03. The molecule has 2 aromatic heterocycles. The van der Waals surface area contributed by atoms with Crippen molar-refractivity contribution in [2.24, 2.45) is 0 Å². The number of nitrogens with one attached hydrogen (secondary N) is 1. The molecular weight excluding hydrogens is 413 g/mol. The molecule has 0 spiro atoms. The number of pyridine rings is 1. The Morgan fingerprint density at radius 3 is 2.76 bits per heavy atom. The highest BCUT2D eigenvalue weighted by molar-refractivity contribution is 6.32. The second kappa shape index (κ2) is 7.87. The molecule has 29 heavy (non-hydrogen) atoms. The zero-order valence-electron chi connectivity index (χ0n) is 14.8. The fraction of sp³-hybridized carbons (Fsp3) is 0.0500. The first-order valence-corrected chi connectivity index (χ1v) is 9.18. The molecule has 9 heteroatoms. The Morgan fingerprint density at radius 1 is 1.07 bits per heavy atom. The molecular formula is C20H13Cl2N5O2. The Hall–Kier alpha value is -3.47. The molecule has 144 valence electrons. The van der Waals surface area contributed by atoms with Crippen molar-refractivity contribution in [3.63, 3.8) is 0 Å². The number of halogens is 2. The highest BCUT2D eigenvalue weighted by atomic mass is 35.5. The molecule has 0 fully saturated rings. The SMILES string of the molecule is N#Cc1cc(Cl)cc(Oc2cc(OCc3[nH]nc4nc(N)ccc34)ccc2Cl)c1. The van der Waals surface area contributed by atoms with E-state index in [-0.39, 0.29) is 6.61 Å². The van der Waals surface area contributed by atoms with E-state index < -0.39 is 0 Å². The molecule has 0 radical (unpaired) electrons. The molecule has 4 aromatic rings. The Labute approximate surface area is 175 Å². The third kappa shape index (κ3) is 4.19. The van der Waals surface area contributed by atoms with Crippen LogP contribution in [0.3, 0.4) is 0 Å². The number of nitrogens with zero attached hydrogens (tertiary/aromatic N) is 3. The number of hydrogen-bond donors (Lipinski definition) is 2. The highest BCUT2D eigenvalue weighted by Gasteiger charge is 2.10. The van der Waals surface area contributed by atoms with Crippen molar-refractivity contribution in [1.29, 1.82) is 5.26 Å². The highest BCUT2D eigenvalue weighted by Crippen LogP contribution is 2.34. The minimum absolute atomic E-state index is 0.235. The number of rotatable bonds is 5. The van der Waals surface area contributed by atoms with Crippen LogP contribution in [0.4, 0.5) is 5.82 Å². The minimum Gasteiger partial charge on any atom is -0.487 e. The number of aromatic amines is 1. The quantitative estimate of drug-likeness (QED) is 0.460. The number of nitriles is 1. The predicted molar refractivity (Wildman–Crippen MR) is 110 cm³/mol. The molecule has 0 saturated heterocycles. The van der Waals surface area contributed by atoms with E-state index >= 15 is 0 Å². The zero-order valence-corrected chi connectivity index (χ0v) is 16.3. The summed E-state index contributed by atoms with van der Waals surface area (Å²) >= 11 is 12.3. The average molecular weight is 426 g/mol. The summed E-state index contributed by atoms with van der Waals surface area (Å²) in [6.07, 6.45) is 0. The van der Waals surface area contributed by atoms with Gasteiger partial charge in [0.2, 0.25) is 0 Å². The van der Waals surface area contributed by atoms with E-state index in [2.05, 4.69) is 15.2 Å². The fourth-order valence-corrected chi connectivity index (χ4v) is 3.08. The van der Waals surface area contributed by atoms with Gasteiger partial charge < -0.3 is 15.2 Å². The van der Waals surface area contributed by atoms with E-state index in [4.69, 9.17) is 43.7 Å². The van der Waals surface area contributed by atoms with Crippen LogP contribution in [0.2, 0.25) is 10.0 Å². The van der Waals surface area contributed by atoms with Gasteiger partial charge in [-0.05, 0) is 42.5 Å². The van der Waals surface area contributed by atoms with Crippen molar-refractivity contribution in [3.05, 3.63) is 69.8 Å². The van der Waals surface area contributed by atoms with E-state index in [9.17, 15) is 0 Å². The molecule has 7 nitrogen and oxygen atoms in total. The minimum atomic E-state index is 0.235. The van der Waals surface area contributed by atoms with Gasteiger partial charge in [-0.3, -0.25) is 5.10 Å². The number of nitrogens with two attached hydrogens (primary N) is 1. The van der Waals surface area contributed by atoms with Crippen molar-refractivity contribution in [2.75, 3.05) is 5.73 Å². The number of aromatic nitrogens is 3. The van der Waals surface area contributed by atoms with Crippen LogP contribution in [-0.4, -0.2) is 15.2 Å². The topological polar surface area (TPSA) is 110 Å². The number of ether oxygens (including phenoxy) is 2. The first-order valence-electron chi connectivity index (χ1n) is 8.42. The van der Waals surface area contributed by atoms with Gasteiger partial charge in [-0.2, -0.15) is 10.4 Å². The maximum atomic E-state index is 9.07. The molecule has 4 rings (SSSR count). The summed E-state index contributed by atoms with van der Waals surface area (Å²) in [5.41, 5.74) is 7.34. The van der Waals surface area contributed by atoms with Gasteiger partial charge in [0, 0.05) is 16.5 Å². The summed E-state index contributed by atoms with van der Waals surface area (Å²) in [5, 5.41) is 17.7. The van der Waals surface area contributed by atoms with Gasteiger partial charge in [0.05, 0.1) is 22.3 Å². The molecule has 0 amide bonds. The van der Waals surface area contributed by atoms with Crippen molar-refractivity contribution >= 4 is 40.1 Å². The van der Waals surface area contributed by atoms with Gasteiger partial charge in [-0.15, -0.1) is 0 Å². The van der Waals surface area contributed by atoms with E-state index in [1.165, 1.54) is 0 Å². The molecule has 0 unspecified atom stereocenters. The summed E-state index contributed by atoms with van der Waals surface area (Å²) in [5.74, 6) is 1.71. The number of fused-ring (bicyclic) bond motifs is 1. The normalized spacial score (nSPS) is 10.7. The number of hydrogen-bond acceptors (Lipinski definition) is 6. The monoisotopic (exact) mass is 425 g/mol. The van der Waals surface area contributed by atoms with Crippen LogP contribution in [-0.2, 0) is 6.61 Å². The lowest BCUT2D eigenvalue weighted by Crippen LogP contribution is -1.97. The summed E-state index contributed by atoms with van der Waals surface area (Å²) in [7, 11) is 0. The standard InChI is InChI=1S/C20H13Cl2N5O2/c21-12-5-11(9-23)6-14(7-12)29-18-8-13(1-3-16(18)22)28-10-17-15-2-4-19(24)25-20(15)27-26-17/h1-8H,10H2,(H3,24,25,26,27). The molecule has 0 saturated carbocycles. The predicted octanol–water partition coefficient (Wildman–Crippen LogP) is 5.09. The van der Waals surface area contributed by atoms with Gasteiger partial charge in [-0.1, -0.05) is 23.2 Å². The maximum Gasteiger partial charge on any atom is 0.183 e. The number of nitrogen functional groups attached to an aromatic ring is 1. The molecule has 0 atom stereocenters. The van der Waals surface area contributed by atoms with Crippen LogP contribution in [0.1, 0.15) is 11.3 Å². The second-order valence-electron chi connectivity index (χ2n) is 6.08. The summed E-state index contributed by atoms with van der Waals surface area (Å²) < 4.78 is 11.6. The molecule has 3 N–H and O–H groups in total. The smallest absolute Gasteiger partial charge is 0.183 e. The first-order chi connectivity index (χ1) is 14.0. The van der Waals surface area contributed by atoms with Gasteiger partial charge in [-0.25, -0.2) is 4.98 Å². The molecule has 2 aromatic carbocycles. The molecule has 0 aliphatic heterocycles. The van der Waals surface area contributed by atoms with Crippen molar-refractivity contribution in [1.82, 2.24) is 15.2 Å². The van der Waals surface area contributed by atoms with Crippen LogP contribution < -0.4 is 15.2 Å². The van der Waals surface area contributed by atoms with Crippen molar-refractivity contribution in [2.45, 2.75) is 6.61 Å². The molecule has 0 aliphatic rings. The number of H-pyrrole nitrogens is 1. The molecule has 0 aliphatic carbocycles. The van der Waals surface area contributed by atoms with Gasteiger partial charge >= 0.3 is 0 Å². The Bertz CT molecular complexity index is 1250. The third-order valence-corrected chi connectivity index (χ3v) is 4.56. The average Bonchev–Trinajstić information content (AvgIpc) is 3.10. The molecule has 2 heterocycles. The van der Waals surface area contributed by atoms with Crippen LogP contribution in [0.15, 0.2) is 48.5 Å². The zero-order chi connectivity index (χ0) is 20.4. The van der Waals surface area contributed by atoms with Crippen LogP contribution >= 0.6 is 23.2 Å². The lowest BCUT2D eigenvalue weighted by atomic mass is 10.2. The lowest BCUT2D eigenvalue weighted by molar-refractivity contribution is 0.301. The van der Waals surface area contributed by atoms with E-state index in [1.807, 2.05) is 12.1 Å². The first kappa shape index (κ1) is 18.9. The van der Waals surface area contributed by atoms with Crippen molar-refractivity contribution in [3.8, 4) is 23.3 Å². The van der Waals surface area contributed by atoms with Gasteiger partial charge in [0.25, 0.3) is 0 Å². The maximum absolute atomic E-state index is 9.07. The summed E-state index contributed by atoms with van der Waals surface area (Å²) in [6, 6.07) is 15.3. The van der Waals surface area contributed by atoms with E-state index in [0.717, 1.165) is 11.1 Å². The second-order valence-corrected chi connectivity index (χ2v) is 6.92. The summed E-state index contributed by atoms with van der Waals surface area (Å²) in [4.78, 5) is 4.15. The largest absolute Gasteiger partial charge is 0.487 e. The van der Waals surface area contributed by atoms with Crippen molar-refractivity contribution < 1.29 is 9.47 Å². The van der Waals surface area contributed by atoms with Crippen LogP contribution in [0.5, 0.6) is 17.2 Å². The summed E-state index contributed by atoms with van der Waals surface area (Å²) in [6.45, 7) is 0.235. The van der Waals surface area contributed by atoms with E-state index in [0.29, 0.717) is 44.3 Å². The number of anilines is 1. The Balaban J connectivity index is 1.54. The molecule has 0 bridgehead atoms.